The van der Waals surface area contributed by atoms with Gasteiger partial charge >= 0.3 is 11.9 Å². The number of fused-ring (bicyclic) bond motifs is 2. The van der Waals surface area contributed by atoms with Crippen molar-refractivity contribution in [3.8, 4) is 0 Å². The minimum atomic E-state index is -1.26. The number of rotatable bonds is 5. The second kappa shape index (κ2) is 10.5. The van der Waals surface area contributed by atoms with Crippen LogP contribution in [0.4, 0.5) is 0 Å². The normalized spacial score (nSPS) is 29.2. The number of hydrogen-bond acceptors (Lipinski definition) is 5. The van der Waals surface area contributed by atoms with Crippen molar-refractivity contribution in [2.45, 2.75) is 38.6 Å². The zero-order valence-electron chi connectivity index (χ0n) is 17.7. The molecular formula is C24H30N2O5. The maximum absolute atomic E-state index is 11.8. The first-order valence-corrected chi connectivity index (χ1v) is 10.8. The molecule has 3 N–H and O–H groups in total. The number of benzene rings is 1. The molecule has 3 aliphatic rings. The van der Waals surface area contributed by atoms with Crippen LogP contribution in [-0.4, -0.2) is 52.8 Å². The van der Waals surface area contributed by atoms with Gasteiger partial charge in [-0.3, -0.25) is 9.79 Å². The third-order valence-corrected chi connectivity index (χ3v) is 6.58. The minimum Gasteiger partial charge on any atom is -0.478 e. The van der Waals surface area contributed by atoms with Crippen molar-refractivity contribution in [3.63, 3.8) is 0 Å². The van der Waals surface area contributed by atoms with Crippen molar-refractivity contribution in [1.29, 1.82) is 0 Å². The predicted octanol–water partition coefficient (Wildman–Crippen LogP) is 2.60. The van der Waals surface area contributed by atoms with Crippen molar-refractivity contribution >= 4 is 23.4 Å². The van der Waals surface area contributed by atoms with Gasteiger partial charge < -0.3 is 15.5 Å². The quantitative estimate of drug-likeness (QED) is 0.623. The Morgan fingerprint density at radius 3 is 2.35 bits per heavy atom. The average molecular weight is 427 g/mol. The molecule has 1 aliphatic carbocycles. The number of carbonyl (C=O) groups excluding carboxylic acids is 1. The summed E-state index contributed by atoms with van der Waals surface area (Å²) in [6, 6.07) is 10.8. The molecule has 7 heteroatoms. The molecule has 2 aliphatic heterocycles. The van der Waals surface area contributed by atoms with Crippen molar-refractivity contribution in [1.82, 2.24) is 5.32 Å². The number of ketones is 1. The molecule has 5 atom stereocenters. The number of aliphatic imine (C=N–C) groups is 1. The Morgan fingerprint density at radius 2 is 1.74 bits per heavy atom. The molecule has 4 rings (SSSR count). The average Bonchev–Trinajstić information content (AvgIpc) is 3.21. The van der Waals surface area contributed by atoms with Gasteiger partial charge in [0.25, 0.3) is 0 Å². The fourth-order valence-electron chi connectivity index (χ4n) is 5.19. The highest BCUT2D eigenvalue weighted by molar-refractivity contribution is 5.93. The highest BCUT2D eigenvalue weighted by atomic mass is 16.4. The number of nitrogens with one attached hydrogen (secondary N) is 1. The van der Waals surface area contributed by atoms with E-state index in [4.69, 9.17) is 15.2 Å². The van der Waals surface area contributed by atoms with Gasteiger partial charge in [0, 0.05) is 23.8 Å². The molecule has 0 radical (unpaired) electrons. The molecule has 1 aromatic rings. The molecule has 2 fully saturated rings. The van der Waals surface area contributed by atoms with Crippen LogP contribution in [0.1, 0.15) is 31.7 Å². The summed E-state index contributed by atoms with van der Waals surface area (Å²) in [5.74, 6) is 0.476. The molecule has 2 heterocycles. The highest BCUT2D eigenvalue weighted by Crippen LogP contribution is 2.44. The predicted molar refractivity (Wildman–Crippen MR) is 117 cm³/mol. The molecule has 1 saturated carbocycles. The summed E-state index contributed by atoms with van der Waals surface area (Å²) in [5, 5.41) is 19.2. The molecule has 0 bridgehead atoms. The third-order valence-electron chi connectivity index (χ3n) is 6.58. The lowest BCUT2D eigenvalue weighted by atomic mass is 9.62. The van der Waals surface area contributed by atoms with E-state index in [0.717, 1.165) is 44.7 Å². The van der Waals surface area contributed by atoms with E-state index >= 15 is 0 Å². The van der Waals surface area contributed by atoms with Crippen LogP contribution in [0.5, 0.6) is 0 Å². The Balaban J connectivity index is 0.000000293. The number of Topliss-reactive ketones (excluding diaryl/α,β-unsaturated/α-hetero) is 1. The summed E-state index contributed by atoms with van der Waals surface area (Å²) in [6.07, 6.45) is 5.46. The second-order valence-electron chi connectivity index (χ2n) is 8.58. The van der Waals surface area contributed by atoms with Gasteiger partial charge in [0.15, 0.2) is 5.78 Å². The molecule has 7 nitrogen and oxygen atoms in total. The first-order valence-electron chi connectivity index (χ1n) is 10.8. The van der Waals surface area contributed by atoms with Gasteiger partial charge in [0.2, 0.25) is 0 Å². The van der Waals surface area contributed by atoms with Crippen LogP contribution in [0.2, 0.25) is 0 Å². The molecule has 0 spiro atoms. The molecule has 0 amide bonds. The lowest BCUT2D eigenvalue weighted by Gasteiger charge is -2.43. The number of nitrogens with zero attached hydrogens (tertiary/aromatic N) is 1. The van der Waals surface area contributed by atoms with Gasteiger partial charge in [-0.15, -0.1) is 0 Å². The van der Waals surface area contributed by atoms with Crippen LogP contribution in [0.25, 0.3) is 0 Å². The number of carbonyl (C=O) groups is 3. The van der Waals surface area contributed by atoms with Crippen molar-refractivity contribution < 1.29 is 24.6 Å². The molecule has 5 unspecified atom stereocenters. The highest BCUT2D eigenvalue weighted by Gasteiger charge is 2.46. The van der Waals surface area contributed by atoms with Gasteiger partial charge in [-0.05, 0) is 69.0 Å². The van der Waals surface area contributed by atoms with E-state index < -0.39 is 11.9 Å². The van der Waals surface area contributed by atoms with Crippen LogP contribution in [0.3, 0.4) is 0 Å². The molecular weight excluding hydrogens is 396 g/mol. The SMILES string of the molecule is CC(=O)C1CCC2C(=N1)CC1CNCC1C2Cc1ccccc1.O=C(O)/C=C\C(=O)O. The summed E-state index contributed by atoms with van der Waals surface area (Å²) in [7, 11) is 0. The minimum absolute atomic E-state index is 0.0652. The topological polar surface area (TPSA) is 116 Å². The summed E-state index contributed by atoms with van der Waals surface area (Å²) < 4.78 is 0. The molecule has 31 heavy (non-hydrogen) atoms. The van der Waals surface area contributed by atoms with E-state index in [2.05, 4.69) is 35.6 Å². The first kappa shape index (κ1) is 22.9. The van der Waals surface area contributed by atoms with Gasteiger partial charge in [0.1, 0.15) is 6.04 Å². The Hall–Kier alpha value is -2.80. The van der Waals surface area contributed by atoms with Crippen LogP contribution in [-0.2, 0) is 20.8 Å². The van der Waals surface area contributed by atoms with E-state index in [0.29, 0.717) is 29.9 Å². The number of hydrogen-bond donors (Lipinski definition) is 3. The molecule has 166 valence electrons. The first-order chi connectivity index (χ1) is 14.8. The van der Waals surface area contributed by atoms with E-state index in [1.807, 2.05) is 0 Å². The van der Waals surface area contributed by atoms with Crippen LogP contribution in [0, 0.1) is 23.7 Å². The maximum atomic E-state index is 11.8. The van der Waals surface area contributed by atoms with E-state index in [9.17, 15) is 14.4 Å². The Morgan fingerprint density at radius 1 is 1.06 bits per heavy atom. The lowest BCUT2D eigenvalue weighted by Crippen LogP contribution is -2.44. The van der Waals surface area contributed by atoms with Gasteiger partial charge in [-0.1, -0.05) is 30.3 Å². The van der Waals surface area contributed by atoms with Crippen LogP contribution in [0.15, 0.2) is 47.5 Å². The van der Waals surface area contributed by atoms with Crippen molar-refractivity contribution in [3.05, 3.63) is 48.0 Å². The fourth-order valence-corrected chi connectivity index (χ4v) is 5.19. The standard InChI is InChI=1S/C20H26N2O.C4H4O4/c1-13(23)19-8-7-16-17(9-14-5-3-2-4-6-14)18-12-21-11-15(18)10-20(16)22-19;5-3(6)1-2-4(7)8/h2-6,15-19,21H,7-12H2,1H3;1-2H,(H,5,6)(H,7,8)/b;2-1-. The summed E-state index contributed by atoms with van der Waals surface area (Å²) in [4.78, 5) is 35.8. The molecule has 1 saturated heterocycles. The van der Waals surface area contributed by atoms with Gasteiger partial charge in [-0.2, -0.15) is 0 Å². The van der Waals surface area contributed by atoms with E-state index in [-0.39, 0.29) is 11.8 Å². The Kier molecular flexibility index (Phi) is 7.74. The molecule has 1 aromatic carbocycles. The zero-order chi connectivity index (χ0) is 22.4. The smallest absolute Gasteiger partial charge is 0.328 e. The largest absolute Gasteiger partial charge is 0.478 e. The van der Waals surface area contributed by atoms with Crippen molar-refractivity contribution in [2.75, 3.05) is 13.1 Å². The Bertz CT molecular complexity index is 848. The number of carboxylic acid groups (broad SMARTS) is 2. The lowest BCUT2D eigenvalue weighted by molar-refractivity contribution is -0.134. The van der Waals surface area contributed by atoms with Crippen LogP contribution >= 0.6 is 0 Å². The third kappa shape index (κ3) is 6.10. The van der Waals surface area contributed by atoms with Gasteiger partial charge in [-0.25, -0.2) is 9.59 Å². The summed E-state index contributed by atoms with van der Waals surface area (Å²) in [5.41, 5.74) is 2.79. The summed E-state index contributed by atoms with van der Waals surface area (Å²) >= 11 is 0. The number of carboxylic acids is 2. The van der Waals surface area contributed by atoms with Crippen LogP contribution < -0.4 is 5.32 Å². The molecule has 0 aromatic heterocycles. The Labute approximate surface area is 182 Å². The van der Waals surface area contributed by atoms with Crippen molar-refractivity contribution in [2.24, 2.45) is 28.7 Å². The van der Waals surface area contributed by atoms with E-state index in [1.165, 1.54) is 11.3 Å². The fraction of sp³-hybridized carbons (Fsp3) is 0.500. The van der Waals surface area contributed by atoms with E-state index in [1.54, 1.807) is 6.92 Å². The summed E-state index contributed by atoms with van der Waals surface area (Å²) in [6.45, 7) is 3.97. The number of aliphatic carboxylic acids is 2. The maximum Gasteiger partial charge on any atom is 0.328 e. The van der Waals surface area contributed by atoms with Gasteiger partial charge in [0.05, 0.1) is 0 Å². The monoisotopic (exact) mass is 426 g/mol. The zero-order valence-corrected chi connectivity index (χ0v) is 17.7. The second-order valence-corrected chi connectivity index (χ2v) is 8.58.